The Labute approximate surface area is 339 Å². The number of aliphatic imine (C=N–C) groups is 1. The largest absolute Gasteiger partial charge is 0.457 e. The molecule has 4 aliphatic heterocycles. The van der Waals surface area contributed by atoms with Gasteiger partial charge in [-0.15, -0.1) is 0 Å². The zero-order chi connectivity index (χ0) is 41.6. The molecule has 0 spiro atoms. The zero-order valence-corrected chi connectivity index (χ0v) is 37.2. The molecule has 324 valence electrons. The fraction of sp³-hybridized carbons (Fsp3) is 0.909. The number of amides is 1. The van der Waals surface area contributed by atoms with Gasteiger partial charge in [-0.3, -0.25) is 19.5 Å². The van der Waals surface area contributed by atoms with Crippen molar-refractivity contribution in [3.8, 4) is 0 Å². The summed E-state index contributed by atoms with van der Waals surface area (Å²) in [5, 5.41) is 0. The standard InChI is InChI=1S/C43H75N3O9.CH4/c1-18-20-21-22-51-42(13)24-25(3)31-27(5)33-43(14,55-38(49)46(33)41(11,12)40(9,10)44-31)30(19-2)53-37(48)39(7,8)34(47)28(6)35(42)54-36-32(50-17)29(45(15)16)23-26(4)52-36;/h25-30,32-33,35-36H,18-24H2,1-17H3;1H4/t25-,26-,27+,28+,29+,30-,32-,33-,35-,36+,42+,43-;/m1./s1. The number of cyclic esters (lactones) is 1. The van der Waals surface area contributed by atoms with Crippen molar-refractivity contribution in [3.63, 3.8) is 0 Å². The van der Waals surface area contributed by atoms with Gasteiger partial charge in [0.15, 0.2) is 17.7 Å². The molecule has 0 aromatic rings. The summed E-state index contributed by atoms with van der Waals surface area (Å²) < 4.78 is 39.5. The topological polar surface area (TPSA) is 125 Å². The fourth-order valence-electron chi connectivity index (χ4n) is 9.95. The Morgan fingerprint density at radius 1 is 0.929 bits per heavy atom. The second-order valence-electron chi connectivity index (χ2n) is 19.2. The number of ether oxygens (including phenoxy) is 6. The van der Waals surface area contributed by atoms with Gasteiger partial charge >= 0.3 is 12.1 Å². The molecule has 0 aromatic heterocycles. The van der Waals surface area contributed by atoms with Crippen LogP contribution in [0, 0.1) is 23.2 Å². The normalized spacial score (nSPS) is 39.9. The van der Waals surface area contributed by atoms with Crippen LogP contribution in [-0.2, 0) is 38.0 Å². The summed E-state index contributed by atoms with van der Waals surface area (Å²) in [5.41, 5.74) is -4.46. The average molecular weight is 794 g/mol. The highest BCUT2D eigenvalue weighted by Gasteiger charge is 2.66. The number of hydrogen-bond donors (Lipinski definition) is 0. The van der Waals surface area contributed by atoms with Crippen LogP contribution in [0.15, 0.2) is 4.99 Å². The number of ketones is 1. The van der Waals surface area contributed by atoms with Crippen LogP contribution < -0.4 is 0 Å². The summed E-state index contributed by atoms with van der Waals surface area (Å²) in [5.74, 6) is -2.33. The highest BCUT2D eigenvalue weighted by molar-refractivity contribution is 6.04. The predicted octanol–water partition coefficient (Wildman–Crippen LogP) is 7.87. The van der Waals surface area contributed by atoms with Crippen LogP contribution in [0.2, 0.25) is 0 Å². The van der Waals surface area contributed by atoms with Crippen LogP contribution in [0.4, 0.5) is 4.79 Å². The lowest BCUT2D eigenvalue weighted by atomic mass is 9.71. The number of methoxy groups -OCH3 is 1. The lowest BCUT2D eigenvalue weighted by Gasteiger charge is -2.49. The first-order chi connectivity index (χ1) is 25.4. The molecule has 3 saturated heterocycles. The van der Waals surface area contributed by atoms with E-state index in [2.05, 4.69) is 39.5 Å². The van der Waals surface area contributed by atoms with E-state index in [0.29, 0.717) is 19.4 Å². The molecule has 12 atom stereocenters. The van der Waals surface area contributed by atoms with Gasteiger partial charge in [-0.25, -0.2) is 4.79 Å². The molecule has 0 saturated carbocycles. The van der Waals surface area contributed by atoms with E-state index in [-0.39, 0.29) is 37.2 Å². The molecular formula is C44H79N3O9. The molecule has 0 unspecified atom stereocenters. The number of carbonyl (C=O) groups excluding carboxylic acids is 3. The minimum Gasteiger partial charge on any atom is -0.457 e. The number of esters is 1. The number of fused-ring (bicyclic) bond motifs is 1. The first-order valence-corrected chi connectivity index (χ1v) is 20.9. The fourth-order valence-corrected chi connectivity index (χ4v) is 9.95. The van der Waals surface area contributed by atoms with Crippen LogP contribution in [-0.4, -0.2) is 126 Å². The Hall–Kier alpha value is -2.12. The minimum absolute atomic E-state index is 0. The molecule has 1 amide bonds. The Morgan fingerprint density at radius 2 is 1.55 bits per heavy atom. The second-order valence-corrected chi connectivity index (χ2v) is 19.2. The quantitative estimate of drug-likeness (QED) is 0.123. The monoisotopic (exact) mass is 794 g/mol. The van der Waals surface area contributed by atoms with Gasteiger partial charge in [0, 0.05) is 37.3 Å². The van der Waals surface area contributed by atoms with E-state index in [1.165, 1.54) is 0 Å². The van der Waals surface area contributed by atoms with Crippen LogP contribution in [0.5, 0.6) is 0 Å². The molecule has 0 radical (unpaired) electrons. The van der Waals surface area contributed by atoms with E-state index in [1.807, 2.05) is 67.5 Å². The number of carbonyl (C=O) groups is 3. The Kier molecular flexibility index (Phi) is 15.2. The van der Waals surface area contributed by atoms with Crippen LogP contribution in [0.3, 0.4) is 0 Å². The summed E-state index contributed by atoms with van der Waals surface area (Å²) in [6.45, 7) is 28.0. The van der Waals surface area contributed by atoms with Crippen molar-refractivity contribution in [1.29, 1.82) is 0 Å². The summed E-state index contributed by atoms with van der Waals surface area (Å²) in [7, 11) is 5.70. The van der Waals surface area contributed by atoms with E-state index >= 15 is 0 Å². The number of likely N-dealkylation sites (N-methyl/N-ethyl adjacent to an activating group) is 1. The van der Waals surface area contributed by atoms with Gasteiger partial charge in [-0.2, -0.15) is 0 Å². The lowest BCUT2D eigenvalue weighted by Crippen LogP contribution is -2.64. The Bertz CT molecular complexity index is 1430. The molecule has 2 bridgehead atoms. The van der Waals surface area contributed by atoms with Gasteiger partial charge < -0.3 is 33.3 Å². The molecule has 12 nitrogen and oxygen atoms in total. The molecule has 0 aromatic carbocycles. The summed E-state index contributed by atoms with van der Waals surface area (Å²) in [6, 6.07) is -0.528. The molecule has 4 aliphatic rings. The Balaban J connectivity index is 0.00000841. The molecule has 0 N–H and O–H groups in total. The van der Waals surface area contributed by atoms with Crippen molar-refractivity contribution in [1.82, 2.24) is 9.80 Å². The van der Waals surface area contributed by atoms with Crippen LogP contribution >= 0.6 is 0 Å². The number of unbranched alkanes of at least 4 members (excludes halogenated alkanes) is 2. The lowest BCUT2D eigenvalue weighted by molar-refractivity contribution is -0.301. The maximum Gasteiger partial charge on any atom is 0.411 e. The van der Waals surface area contributed by atoms with E-state index in [0.717, 1.165) is 31.4 Å². The summed E-state index contributed by atoms with van der Waals surface area (Å²) >= 11 is 0. The third kappa shape index (κ3) is 8.61. The van der Waals surface area contributed by atoms with Crippen molar-refractivity contribution in [2.75, 3.05) is 27.8 Å². The number of Topliss-reactive ketones (excluding diaryl/α,β-unsaturated/α-hetero) is 1. The third-order valence-corrected chi connectivity index (χ3v) is 13.9. The smallest absolute Gasteiger partial charge is 0.411 e. The molecular weight excluding hydrogens is 714 g/mol. The van der Waals surface area contributed by atoms with E-state index in [9.17, 15) is 14.4 Å². The molecule has 12 heteroatoms. The van der Waals surface area contributed by atoms with Crippen LogP contribution in [0.25, 0.3) is 0 Å². The van der Waals surface area contributed by atoms with E-state index in [1.54, 1.807) is 21.0 Å². The first-order valence-electron chi connectivity index (χ1n) is 20.9. The minimum atomic E-state index is -1.58. The van der Waals surface area contributed by atoms with Crippen molar-refractivity contribution in [2.45, 2.75) is 208 Å². The highest BCUT2D eigenvalue weighted by Crippen LogP contribution is 2.50. The number of hydrogen-bond acceptors (Lipinski definition) is 11. The predicted molar refractivity (Wildman–Crippen MR) is 220 cm³/mol. The third-order valence-electron chi connectivity index (χ3n) is 13.9. The van der Waals surface area contributed by atoms with Crippen molar-refractivity contribution < 1.29 is 42.8 Å². The van der Waals surface area contributed by atoms with E-state index in [4.69, 9.17) is 33.4 Å². The highest BCUT2D eigenvalue weighted by atomic mass is 16.7. The van der Waals surface area contributed by atoms with E-state index < -0.39 is 76.3 Å². The maximum absolute atomic E-state index is 15.0. The van der Waals surface area contributed by atoms with Gasteiger partial charge in [-0.05, 0) is 108 Å². The van der Waals surface area contributed by atoms with Crippen molar-refractivity contribution in [3.05, 3.63) is 0 Å². The molecule has 0 aliphatic carbocycles. The molecule has 56 heavy (non-hydrogen) atoms. The number of rotatable bonds is 10. The van der Waals surface area contributed by atoms with Crippen molar-refractivity contribution in [2.24, 2.45) is 28.2 Å². The number of nitrogens with zero attached hydrogens (tertiary/aromatic N) is 3. The van der Waals surface area contributed by atoms with Gasteiger partial charge in [0.1, 0.15) is 17.6 Å². The maximum atomic E-state index is 15.0. The summed E-state index contributed by atoms with van der Waals surface area (Å²) in [6.07, 6.45) is 0.831. The molecule has 4 heterocycles. The zero-order valence-electron chi connectivity index (χ0n) is 37.2. The second kappa shape index (κ2) is 17.6. The first kappa shape index (κ1) is 48.3. The van der Waals surface area contributed by atoms with Crippen LogP contribution in [0.1, 0.15) is 143 Å². The van der Waals surface area contributed by atoms with Gasteiger partial charge in [0.25, 0.3) is 0 Å². The Morgan fingerprint density at radius 3 is 2.11 bits per heavy atom. The van der Waals surface area contributed by atoms with Gasteiger partial charge in [0.05, 0.1) is 34.9 Å². The molecule has 3 fully saturated rings. The van der Waals surface area contributed by atoms with Crippen molar-refractivity contribution >= 4 is 23.6 Å². The SMILES string of the molecule is C.CCCCCO[C@@]1(C)C[C@@H](C)C2=NC(C)(C)C(C)(C)N3C(=O)O[C@](C)([C@@H](CC)OC(=O)C(C)(C)C(=O)[C@H](C)[C@H]1O[C@@H]1O[C@H](C)C[C@H](N(C)C)[C@H]1OC)[C@H]3[C@H]2C. The van der Waals surface area contributed by atoms with Gasteiger partial charge in [-0.1, -0.05) is 54.9 Å². The molecule has 4 rings (SSSR count). The average Bonchev–Trinajstić information content (AvgIpc) is 3.35. The summed E-state index contributed by atoms with van der Waals surface area (Å²) in [4.78, 5) is 53.1. The van der Waals surface area contributed by atoms with Gasteiger partial charge in [0.2, 0.25) is 0 Å².